The fourth-order valence-corrected chi connectivity index (χ4v) is 2.98. The predicted octanol–water partition coefficient (Wildman–Crippen LogP) is 6.31. The van der Waals surface area contributed by atoms with E-state index < -0.39 is 4.92 Å². The van der Waals surface area contributed by atoms with Crippen LogP contribution in [0.5, 0.6) is 0 Å². The highest BCUT2D eigenvalue weighted by atomic mass is 16.6. The van der Waals surface area contributed by atoms with Crippen molar-refractivity contribution >= 4 is 33.7 Å². The molecule has 0 aromatic heterocycles. The maximum Gasteiger partial charge on any atom is 0.277 e. The average Bonchev–Trinajstić information content (AvgIpc) is 2.80. The van der Waals surface area contributed by atoms with Gasteiger partial charge in [-0.05, 0) is 24.3 Å². The lowest BCUT2D eigenvalue weighted by molar-refractivity contribution is -0.383. The van der Waals surface area contributed by atoms with Gasteiger partial charge in [0, 0.05) is 17.0 Å². The zero-order valence-electron chi connectivity index (χ0n) is 15.8. The standard InChI is InChI=1S/C23H17N5O2/c29-28(30)22-16-15-21(19-13-7-8-14-20(19)22)25-27-23(17-9-3-1-4-10-17)26-24-18-11-5-2-6-12-18/h1-16,24H/b26-23+,27-25?. The van der Waals surface area contributed by atoms with E-state index in [2.05, 4.69) is 20.8 Å². The van der Waals surface area contributed by atoms with Crippen LogP contribution in [0.1, 0.15) is 5.56 Å². The highest BCUT2D eigenvalue weighted by Crippen LogP contribution is 2.33. The zero-order valence-corrected chi connectivity index (χ0v) is 15.8. The second-order valence-corrected chi connectivity index (χ2v) is 6.39. The number of non-ortho nitro benzene ring substituents is 1. The summed E-state index contributed by atoms with van der Waals surface area (Å²) in [4.78, 5) is 10.9. The summed E-state index contributed by atoms with van der Waals surface area (Å²) in [5.41, 5.74) is 5.16. The molecule has 0 aliphatic rings. The Labute approximate surface area is 172 Å². The van der Waals surface area contributed by atoms with Gasteiger partial charge in [0.15, 0.2) is 0 Å². The first-order chi connectivity index (χ1) is 14.7. The molecule has 0 bridgehead atoms. The van der Waals surface area contributed by atoms with Gasteiger partial charge >= 0.3 is 0 Å². The lowest BCUT2D eigenvalue weighted by atomic mass is 10.1. The van der Waals surface area contributed by atoms with E-state index in [4.69, 9.17) is 0 Å². The molecule has 0 heterocycles. The van der Waals surface area contributed by atoms with Crippen LogP contribution in [0, 0.1) is 10.1 Å². The Bertz CT molecular complexity index is 1240. The molecule has 30 heavy (non-hydrogen) atoms. The molecule has 4 aromatic carbocycles. The third-order valence-electron chi connectivity index (χ3n) is 4.42. The van der Waals surface area contributed by atoms with Crippen LogP contribution in [-0.2, 0) is 0 Å². The molecule has 0 saturated heterocycles. The summed E-state index contributed by atoms with van der Waals surface area (Å²) in [5, 5.41) is 25.6. The van der Waals surface area contributed by atoms with Gasteiger partial charge in [-0.15, -0.1) is 10.2 Å². The summed E-state index contributed by atoms with van der Waals surface area (Å²) in [6.07, 6.45) is 0. The largest absolute Gasteiger partial charge is 0.277 e. The monoisotopic (exact) mass is 395 g/mol. The number of para-hydroxylation sites is 1. The summed E-state index contributed by atoms with van der Waals surface area (Å²) in [6.45, 7) is 0. The van der Waals surface area contributed by atoms with E-state index in [1.165, 1.54) is 6.07 Å². The summed E-state index contributed by atoms with van der Waals surface area (Å²) >= 11 is 0. The van der Waals surface area contributed by atoms with Crippen LogP contribution in [0.4, 0.5) is 17.1 Å². The molecule has 0 spiro atoms. The van der Waals surface area contributed by atoms with Crippen LogP contribution < -0.4 is 5.43 Å². The van der Waals surface area contributed by atoms with Crippen molar-refractivity contribution in [2.45, 2.75) is 0 Å². The molecule has 4 rings (SSSR count). The van der Waals surface area contributed by atoms with Gasteiger partial charge in [0.1, 0.15) is 0 Å². The second-order valence-electron chi connectivity index (χ2n) is 6.39. The van der Waals surface area contributed by atoms with Crippen molar-refractivity contribution in [3.05, 3.63) is 113 Å². The predicted molar refractivity (Wildman–Crippen MR) is 118 cm³/mol. The van der Waals surface area contributed by atoms with Gasteiger partial charge < -0.3 is 0 Å². The van der Waals surface area contributed by atoms with Crippen LogP contribution in [0.15, 0.2) is 112 Å². The fraction of sp³-hybridized carbons (Fsp3) is 0. The molecule has 7 heteroatoms. The minimum atomic E-state index is -0.399. The molecule has 0 saturated carbocycles. The molecule has 0 atom stereocenters. The van der Waals surface area contributed by atoms with Crippen LogP contribution in [0.3, 0.4) is 0 Å². The maximum atomic E-state index is 11.3. The van der Waals surface area contributed by atoms with Gasteiger partial charge in [-0.1, -0.05) is 66.7 Å². The average molecular weight is 395 g/mol. The van der Waals surface area contributed by atoms with Gasteiger partial charge in [0.25, 0.3) is 5.69 Å². The summed E-state index contributed by atoms with van der Waals surface area (Å²) < 4.78 is 0. The van der Waals surface area contributed by atoms with E-state index in [9.17, 15) is 10.1 Å². The van der Waals surface area contributed by atoms with Crippen molar-refractivity contribution in [2.24, 2.45) is 15.3 Å². The van der Waals surface area contributed by atoms with Crippen molar-refractivity contribution in [3.63, 3.8) is 0 Å². The smallest absolute Gasteiger partial charge is 0.276 e. The normalized spacial score (nSPS) is 11.7. The number of amidine groups is 1. The minimum Gasteiger partial charge on any atom is -0.276 e. The van der Waals surface area contributed by atoms with E-state index in [0.29, 0.717) is 22.3 Å². The van der Waals surface area contributed by atoms with Crippen LogP contribution in [0.2, 0.25) is 0 Å². The van der Waals surface area contributed by atoms with Crippen molar-refractivity contribution < 1.29 is 4.92 Å². The molecule has 7 nitrogen and oxygen atoms in total. The third-order valence-corrected chi connectivity index (χ3v) is 4.42. The number of anilines is 1. The molecule has 0 aliphatic carbocycles. The Morgan fingerprint density at radius 3 is 2.10 bits per heavy atom. The Hall–Kier alpha value is -4.39. The van der Waals surface area contributed by atoms with Gasteiger partial charge in [0.05, 0.1) is 21.7 Å². The Morgan fingerprint density at radius 2 is 1.40 bits per heavy atom. The molecule has 0 unspecified atom stereocenters. The van der Waals surface area contributed by atoms with Gasteiger partial charge in [-0.3, -0.25) is 15.5 Å². The number of rotatable bonds is 5. The van der Waals surface area contributed by atoms with Crippen molar-refractivity contribution in [1.29, 1.82) is 0 Å². The first-order valence-corrected chi connectivity index (χ1v) is 9.24. The molecule has 0 amide bonds. The number of hydrogen-bond acceptors (Lipinski definition) is 5. The molecule has 4 aromatic rings. The van der Waals surface area contributed by atoms with Gasteiger partial charge in [-0.2, -0.15) is 5.10 Å². The maximum absolute atomic E-state index is 11.3. The zero-order chi connectivity index (χ0) is 20.8. The number of benzene rings is 4. The quantitative estimate of drug-likeness (QED) is 0.141. The number of hydrogen-bond donors (Lipinski definition) is 1. The molecule has 0 aliphatic heterocycles. The van der Waals surface area contributed by atoms with Crippen molar-refractivity contribution in [3.8, 4) is 0 Å². The number of nitrogens with zero attached hydrogens (tertiary/aromatic N) is 4. The lowest BCUT2D eigenvalue weighted by Gasteiger charge is -2.04. The first-order valence-electron chi connectivity index (χ1n) is 9.24. The topological polar surface area (TPSA) is 92.2 Å². The molecule has 0 radical (unpaired) electrons. The summed E-state index contributed by atoms with van der Waals surface area (Å²) in [6, 6.07) is 29.1. The molecule has 146 valence electrons. The Morgan fingerprint density at radius 1 is 0.767 bits per heavy atom. The summed E-state index contributed by atoms with van der Waals surface area (Å²) in [5.74, 6) is 0.391. The number of fused-ring (bicyclic) bond motifs is 1. The SMILES string of the molecule is O=[N+]([O-])c1ccc(N=N/C(=N/Nc2ccccc2)c2ccccc2)c2ccccc12. The first kappa shape index (κ1) is 18.9. The van der Waals surface area contributed by atoms with Gasteiger partial charge in [-0.25, -0.2) is 0 Å². The number of hydrazone groups is 1. The van der Waals surface area contributed by atoms with E-state index >= 15 is 0 Å². The number of nitro benzene ring substituents is 1. The molecular weight excluding hydrogens is 378 g/mol. The highest BCUT2D eigenvalue weighted by Gasteiger charge is 2.14. The van der Waals surface area contributed by atoms with Crippen molar-refractivity contribution in [2.75, 3.05) is 5.43 Å². The minimum absolute atomic E-state index is 0.0345. The fourth-order valence-electron chi connectivity index (χ4n) is 2.98. The highest BCUT2D eigenvalue weighted by molar-refractivity contribution is 6.01. The van der Waals surface area contributed by atoms with E-state index in [-0.39, 0.29) is 5.69 Å². The van der Waals surface area contributed by atoms with Crippen LogP contribution in [0.25, 0.3) is 10.8 Å². The summed E-state index contributed by atoms with van der Waals surface area (Å²) in [7, 11) is 0. The van der Waals surface area contributed by atoms with Crippen LogP contribution in [-0.4, -0.2) is 10.8 Å². The molecular formula is C23H17N5O2. The lowest BCUT2D eigenvalue weighted by Crippen LogP contribution is -2.01. The van der Waals surface area contributed by atoms with E-state index in [1.54, 1.807) is 24.3 Å². The van der Waals surface area contributed by atoms with E-state index in [0.717, 1.165) is 11.3 Å². The van der Waals surface area contributed by atoms with Crippen LogP contribution >= 0.6 is 0 Å². The second kappa shape index (κ2) is 8.74. The number of nitro groups is 1. The number of azo groups is 1. The Balaban J connectivity index is 1.73. The van der Waals surface area contributed by atoms with E-state index in [1.807, 2.05) is 66.7 Å². The Kier molecular flexibility index (Phi) is 5.52. The number of nitrogens with one attached hydrogen (secondary N) is 1. The molecule has 0 fully saturated rings. The van der Waals surface area contributed by atoms with Gasteiger partial charge in [0.2, 0.25) is 5.84 Å². The van der Waals surface area contributed by atoms with Crippen molar-refractivity contribution in [1.82, 2.24) is 0 Å². The molecule has 1 N–H and O–H groups in total. The third kappa shape index (κ3) is 4.20.